The fraction of sp³-hybridized carbons (Fsp3) is 0.375. The first-order valence-electron chi connectivity index (χ1n) is 10.5. The van der Waals surface area contributed by atoms with Crippen molar-refractivity contribution >= 4 is 28.2 Å². The van der Waals surface area contributed by atoms with Crippen molar-refractivity contribution in [2.24, 2.45) is 0 Å². The van der Waals surface area contributed by atoms with E-state index in [4.69, 9.17) is 4.74 Å². The molecule has 0 radical (unpaired) electrons. The van der Waals surface area contributed by atoms with Crippen molar-refractivity contribution in [1.82, 2.24) is 4.57 Å². The van der Waals surface area contributed by atoms with Gasteiger partial charge in [-0.05, 0) is 82.6 Å². The molecule has 1 N–H and O–H groups in total. The largest absolute Gasteiger partial charge is 0.494 e. The van der Waals surface area contributed by atoms with E-state index in [1.807, 2.05) is 44.2 Å². The molecule has 154 valence electrons. The lowest BCUT2D eigenvalue weighted by molar-refractivity contribution is 0.101. The highest BCUT2D eigenvalue weighted by Gasteiger charge is 2.20. The van der Waals surface area contributed by atoms with Gasteiger partial charge in [0.25, 0.3) is 5.91 Å². The number of anilines is 2. The third kappa shape index (κ3) is 4.09. The second-order valence-electron chi connectivity index (χ2n) is 7.00. The number of hydrogen-bond donors (Lipinski definition) is 1. The number of carbonyl (C=O) groups excluding carboxylic acids is 1. The van der Waals surface area contributed by atoms with E-state index in [1.54, 1.807) is 0 Å². The van der Waals surface area contributed by atoms with E-state index in [0.717, 1.165) is 53.2 Å². The maximum atomic E-state index is 13.2. The SMILES string of the molecule is CCOc1ccc2c(c1)c(C)c(C(=O)Nc1ccc(N(CC)CC)cc1)n2CC. The predicted molar refractivity (Wildman–Crippen MR) is 121 cm³/mol. The molecule has 0 atom stereocenters. The highest BCUT2D eigenvalue weighted by Crippen LogP contribution is 2.30. The molecule has 29 heavy (non-hydrogen) atoms. The summed E-state index contributed by atoms with van der Waals surface area (Å²) in [6.45, 7) is 13.6. The lowest BCUT2D eigenvalue weighted by Gasteiger charge is -2.21. The Labute approximate surface area is 173 Å². The van der Waals surface area contributed by atoms with Gasteiger partial charge in [0, 0.05) is 41.9 Å². The molecule has 0 unspecified atom stereocenters. The normalized spacial score (nSPS) is 10.9. The Kier molecular flexibility index (Phi) is 6.47. The highest BCUT2D eigenvalue weighted by molar-refractivity contribution is 6.08. The lowest BCUT2D eigenvalue weighted by atomic mass is 10.1. The van der Waals surface area contributed by atoms with Crippen molar-refractivity contribution in [3.05, 3.63) is 53.7 Å². The molecular weight excluding hydrogens is 362 g/mol. The molecule has 0 saturated carbocycles. The van der Waals surface area contributed by atoms with E-state index >= 15 is 0 Å². The van der Waals surface area contributed by atoms with Crippen molar-refractivity contribution in [2.45, 2.75) is 41.2 Å². The van der Waals surface area contributed by atoms with Gasteiger partial charge in [0.05, 0.1) is 6.61 Å². The maximum absolute atomic E-state index is 13.2. The fourth-order valence-electron chi connectivity index (χ4n) is 3.91. The molecule has 1 aromatic heterocycles. The molecule has 1 amide bonds. The second kappa shape index (κ2) is 9.03. The van der Waals surface area contributed by atoms with Crippen molar-refractivity contribution in [3.63, 3.8) is 0 Å². The van der Waals surface area contributed by atoms with Crippen LogP contribution in [0.1, 0.15) is 43.7 Å². The molecule has 2 aromatic carbocycles. The van der Waals surface area contributed by atoms with Gasteiger partial charge in [0.15, 0.2) is 0 Å². The number of nitrogens with one attached hydrogen (secondary N) is 1. The lowest BCUT2D eigenvalue weighted by Crippen LogP contribution is -2.21. The molecule has 0 spiro atoms. The zero-order valence-corrected chi connectivity index (χ0v) is 18.1. The van der Waals surface area contributed by atoms with Gasteiger partial charge < -0.3 is 19.5 Å². The third-order valence-corrected chi connectivity index (χ3v) is 5.38. The molecular formula is C24H31N3O2. The van der Waals surface area contributed by atoms with E-state index in [-0.39, 0.29) is 5.91 Å². The molecule has 0 saturated heterocycles. The Morgan fingerprint density at radius 2 is 1.72 bits per heavy atom. The summed E-state index contributed by atoms with van der Waals surface area (Å²) in [5.41, 5.74) is 4.68. The average molecular weight is 394 g/mol. The molecule has 0 aliphatic rings. The summed E-state index contributed by atoms with van der Waals surface area (Å²) in [5, 5.41) is 4.12. The Morgan fingerprint density at radius 1 is 1.03 bits per heavy atom. The molecule has 0 aliphatic heterocycles. The molecule has 1 heterocycles. The maximum Gasteiger partial charge on any atom is 0.272 e. The molecule has 3 rings (SSSR count). The topological polar surface area (TPSA) is 46.5 Å². The van der Waals surface area contributed by atoms with Crippen molar-refractivity contribution in [3.8, 4) is 5.75 Å². The predicted octanol–water partition coefficient (Wildman–Crippen LogP) is 5.47. The number of hydrogen-bond acceptors (Lipinski definition) is 3. The molecule has 5 heteroatoms. The van der Waals surface area contributed by atoms with Crippen LogP contribution >= 0.6 is 0 Å². The van der Waals surface area contributed by atoms with Crippen molar-refractivity contribution in [2.75, 3.05) is 29.9 Å². The second-order valence-corrected chi connectivity index (χ2v) is 7.00. The number of benzene rings is 2. The van der Waals surface area contributed by atoms with Crippen LogP contribution in [0, 0.1) is 6.92 Å². The Hall–Kier alpha value is -2.95. The highest BCUT2D eigenvalue weighted by atomic mass is 16.5. The number of ether oxygens (including phenoxy) is 1. The molecule has 0 fully saturated rings. The molecule has 3 aromatic rings. The summed E-state index contributed by atoms with van der Waals surface area (Å²) < 4.78 is 7.71. The van der Waals surface area contributed by atoms with Crippen LogP contribution in [0.25, 0.3) is 10.9 Å². The number of rotatable bonds is 8. The van der Waals surface area contributed by atoms with Gasteiger partial charge in [-0.25, -0.2) is 0 Å². The number of aryl methyl sites for hydroxylation is 2. The zero-order valence-electron chi connectivity index (χ0n) is 18.1. The van der Waals surface area contributed by atoms with Crippen LogP contribution < -0.4 is 15.0 Å². The van der Waals surface area contributed by atoms with Gasteiger partial charge in [0.1, 0.15) is 11.4 Å². The first-order chi connectivity index (χ1) is 14.0. The van der Waals surface area contributed by atoms with Crippen molar-refractivity contribution in [1.29, 1.82) is 0 Å². The van der Waals surface area contributed by atoms with Gasteiger partial charge in [-0.2, -0.15) is 0 Å². The smallest absolute Gasteiger partial charge is 0.272 e. The first-order valence-corrected chi connectivity index (χ1v) is 10.5. The fourth-order valence-corrected chi connectivity index (χ4v) is 3.91. The monoisotopic (exact) mass is 393 g/mol. The molecule has 0 aliphatic carbocycles. The number of aromatic nitrogens is 1. The number of nitrogens with zero attached hydrogens (tertiary/aromatic N) is 2. The van der Waals surface area contributed by atoms with E-state index in [2.05, 4.69) is 47.7 Å². The quantitative estimate of drug-likeness (QED) is 0.552. The molecule has 5 nitrogen and oxygen atoms in total. The summed E-state index contributed by atoms with van der Waals surface area (Å²) >= 11 is 0. The van der Waals surface area contributed by atoms with Crippen molar-refractivity contribution < 1.29 is 9.53 Å². The summed E-state index contributed by atoms with van der Waals surface area (Å²) in [7, 11) is 0. The zero-order chi connectivity index (χ0) is 21.0. The van der Waals surface area contributed by atoms with E-state index in [9.17, 15) is 4.79 Å². The Balaban J connectivity index is 1.91. The third-order valence-electron chi connectivity index (χ3n) is 5.38. The number of fused-ring (bicyclic) bond motifs is 1. The van der Waals surface area contributed by atoms with Gasteiger partial charge in [-0.3, -0.25) is 4.79 Å². The van der Waals surface area contributed by atoms with E-state index in [0.29, 0.717) is 12.3 Å². The standard InChI is InChI=1S/C24H31N3O2/c1-6-26(7-2)19-12-10-18(11-13-19)25-24(28)23-17(5)21-16-20(29-9-4)14-15-22(21)27(23)8-3/h10-16H,6-9H2,1-5H3,(H,25,28). The van der Waals surface area contributed by atoms with Gasteiger partial charge in [-0.15, -0.1) is 0 Å². The van der Waals surface area contributed by atoms with E-state index < -0.39 is 0 Å². The minimum absolute atomic E-state index is 0.0888. The summed E-state index contributed by atoms with van der Waals surface area (Å²) in [6.07, 6.45) is 0. The Morgan fingerprint density at radius 3 is 2.31 bits per heavy atom. The van der Waals surface area contributed by atoms with Crippen LogP contribution in [0.5, 0.6) is 5.75 Å². The number of carbonyl (C=O) groups is 1. The van der Waals surface area contributed by atoms with Crippen LogP contribution in [-0.2, 0) is 6.54 Å². The van der Waals surface area contributed by atoms with Crippen LogP contribution in [-0.4, -0.2) is 30.2 Å². The van der Waals surface area contributed by atoms with Crippen LogP contribution in [0.3, 0.4) is 0 Å². The number of amides is 1. The summed E-state index contributed by atoms with van der Waals surface area (Å²) in [6, 6.07) is 14.1. The summed E-state index contributed by atoms with van der Waals surface area (Å²) in [4.78, 5) is 15.4. The first kappa shape index (κ1) is 20.8. The van der Waals surface area contributed by atoms with Gasteiger partial charge in [0.2, 0.25) is 0 Å². The van der Waals surface area contributed by atoms with E-state index in [1.165, 1.54) is 0 Å². The minimum Gasteiger partial charge on any atom is -0.494 e. The summed E-state index contributed by atoms with van der Waals surface area (Å²) in [5.74, 6) is 0.740. The average Bonchev–Trinajstić information content (AvgIpc) is 3.02. The van der Waals surface area contributed by atoms with Gasteiger partial charge in [-0.1, -0.05) is 0 Å². The molecule has 0 bridgehead atoms. The Bertz CT molecular complexity index is 986. The van der Waals surface area contributed by atoms with Crippen LogP contribution in [0.2, 0.25) is 0 Å². The van der Waals surface area contributed by atoms with Crippen LogP contribution in [0.4, 0.5) is 11.4 Å². The minimum atomic E-state index is -0.0888. The van der Waals surface area contributed by atoms with Crippen LogP contribution in [0.15, 0.2) is 42.5 Å². The van der Waals surface area contributed by atoms with Gasteiger partial charge >= 0.3 is 0 Å².